The first-order valence-corrected chi connectivity index (χ1v) is 8.44. The molecule has 0 bridgehead atoms. The molecule has 2 N–H and O–H groups in total. The van der Waals surface area contributed by atoms with Crippen LogP contribution in [-0.2, 0) is 14.8 Å². The second-order valence-corrected chi connectivity index (χ2v) is 8.25. The molecule has 1 aliphatic heterocycles. The Morgan fingerprint density at radius 1 is 1.47 bits per heavy atom. The number of amides is 1. The third-order valence-electron chi connectivity index (χ3n) is 3.40. The molecule has 2 rings (SSSR count). The van der Waals surface area contributed by atoms with Gasteiger partial charge in [-0.15, -0.1) is 11.3 Å². The van der Waals surface area contributed by atoms with Crippen molar-refractivity contribution in [2.75, 3.05) is 13.1 Å². The average molecular weight is 302 g/mol. The number of carbonyl (C=O) groups is 1. The Labute approximate surface area is 117 Å². The minimum atomic E-state index is -3.50. The fraction of sp³-hybridized carbons (Fsp3) is 0.583. The van der Waals surface area contributed by atoms with Crippen molar-refractivity contribution in [2.24, 2.45) is 11.7 Å². The van der Waals surface area contributed by atoms with Gasteiger partial charge in [0.25, 0.3) is 0 Å². The lowest BCUT2D eigenvalue weighted by Gasteiger charge is -2.30. The summed E-state index contributed by atoms with van der Waals surface area (Å²) in [6, 6.07) is 1.70. The van der Waals surface area contributed by atoms with E-state index in [4.69, 9.17) is 5.73 Å². The molecule has 1 saturated heterocycles. The second kappa shape index (κ2) is 5.22. The molecule has 0 saturated carbocycles. The van der Waals surface area contributed by atoms with Crippen LogP contribution in [-0.4, -0.2) is 31.7 Å². The van der Waals surface area contributed by atoms with Crippen LogP contribution >= 0.6 is 11.3 Å². The fourth-order valence-corrected chi connectivity index (χ4v) is 5.44. The quantitative estimate of drug-likeness (QED) is 0.912. The van der Waals surface area contributed by atoms with Crippen molar-refractivity contribution in [2.45, 2.75) is 31.6 Å². The summed E-state index contributed by atoms with van der Waals surface area (Å²) in [7, 11) is -3.50. The van der Waals surface area contributed by atoms with Crippen molar-refractivity contribution in [1.29, 1.82) is 0 Å². The predicted molar refractivity (Wildman–Crippen MR) is 74.5 cm³/mol. The van der Waals surface area contributed by atoms with Crippen LogP contribution in [0, 0.1) is 19.8 Å². The van der Waals surface area contributed by atoms with Gasteiger partial charge in [0.15, 0.2) is 0 Å². The summed E-state index contributed by atoms with van der Waals surface area (Å²) >= 11 is 1.47. The van der Waals surface area contributed by atoms with Crippen molar-refractivity contribution in [3.63, 3.8) is 0 Å². The summed E-state index contributed by atoms with van der Waals surface area (Å²) in [6.45, 7) is 4.35. The molecule has 106 valence electrons. The molecule has 0 aromatic carbocycles. The van der Waals surface area contributed by atoms with E-state index >= 15 is 0 Å². The summed E-state index contributed by atoms with van der Waals surface area (Å²) in [6.07, 6.45) is 1.35. The van der Waals surface area contributed by atoms with E-state index in [0.29, 0.717) is 24.3 Å². The van der Waals surface area contributed by atoms with Gasteiger partial charge in [0.1, 0.15) is 0 Å². The van der Waals surface area contributed by atoms with Crippen molar-refractivity contribution in [1.82, 2.24) is 4.31 Å². The second-order valence-electron chi connectivity index (χ2n) is 4.88. The van der Waals surface area contributed by atoms with Crippen LogP contribution in [0.5, 0.6) is 0 Å². The SMILES string of the molecule is Cc1cc(S(=O)(=O)N2CCCC(C(N)=O)C2)c(C)s1. The number of aryl methyl sites for hydroxylation is 2. The highest BCUT2D eigenvalue weighted by Crippen LogP contribution is 2.30. The molecule has 1 aliphatic rings. The summed E-state index contributed by atoms with van der Waals surface area (Å²) in [4.78, 5) is 13.4. The first-order chi connectivity index (χ1) is 8.82. The van der Waals surface area contributed by atoms with Gasteiger partial charge < -0.3 is 5.73 Å². The summed E-state index contributed by atoms with van der Waals surface area (Å²) < 4.78 is 26.5. The molecule has 7 heteroatoms. The standard InChI is InChI=1S/C12H18N2O3S2/c1-8-6-11(9(2)18-8)19(16,17)14-5-3-4-10(7-14)12(13)15/h6,10H,3-5,7H2,1-2H3,(H2,13,15). The Morgan fingerprint density at radius 3 is 2.68 bits per heavy atom. The van der Waals surface area contributed by atoms with Crippen LogP contribution in [0.4, 0.5) is 0 Å². The van der Waals surface area contributed by atoms with Crippen molar-refractivity contribution in [3.05, 3.63) is 15.8 Å². The molecule has 0 radical (unpaired) electrons. The minimum absolute atomic E-state index is 0.200. The zero-order valence-corrected chi connectivity index (χ0v) is 12.7. The molecular weight excluding hydrogens is 284 g/mol. The molecule has 5 nitrogen and oxygen atoms in total. The molecule has 19 heavy (non-hydrogen) atoms. The lowest BCUT2D eigenvalue weighted by atomic mass is 9.99. The molecule has 2 heterocycles. The van der Waals surface area contributed by atoms with Crippen LogP contribution < -0.4 is 5.73 Å². The largest absolute Gasteiger partial charge is 0.369 e. The smallest absolute Gasteiger partial charge is 0.244 e. The summed E-state index contributed by atoms with van der Waals surface area (Å²) in [5, 5.41) is 0. The van der Waals surface area contributed by atoms with Gasteiger partial charge in [0.05, 0.1) is 10.8 Å². The van der Waals surface area contributed by atoms with Crippen LogP contribution in [0.1, 0.15) is 22.6 Å². The van der Waals surface area contributed by atoms with E-state index in [2.05, 4.69) is 0 Å². The number of primary amides is 1. The molecule has 1 aromatic heterocycles. The van der Waals surface area contributed by atoms with E-state index in [-0.39, 0.29) is 12.5 Å². The Morgan fingerprint density at radius 2 is 2.16 bits per heavy atom. The number of hydrogen-bond acceptors (Lipinski definition) is 4. The number of hydrogen-bond donors (Lipinski definition) is 1. The van der Waals surface area contributed by atoms with Crippen LogP contribution in [0.2, 0.25) is 0 Å². The normalized spacial score (nSPS) is 21.5. The molecule has 1 amide bonds. The molecule has 1 unspecified atom stereocenters. The van der Waals surface area contributed by atoms with Gasteiger partial charge in [-0.3, -0.25) is 4.79 Å². The number of nitrogens with two attached hydrogens (primary N) is 1. The lowest BCUT2D eigenvalue weighted by molar-refractivity contribution is -0.122. The fourth-order valence-electron chi connectivity index (χ4n) is 2.40. The zero-order valence-electron chi connectivity index (χ0n) is 11.0. The third kappa shape index (κ3) is 2.82. The van der Waals surface area contributed by atoms with E-state index in [1.54, 1.807) is 13.0 Å². The van der Waals surface area contributed by atoms with E-state index in [9.17, 15) is 13.2 Å². The highest BCUT2D eigenvalue weighted by atomic mass is 32.2. The van der Waals surface area contributed by atoms with Crippen molar-refractivity contribution in [3.8, 4) is 0 Å². The summed E-state index contributed by atoms with van der Waals surface area (Å²) in [5.41, 5.74) is 5.29. The number of carbonyl (C=O) groups excluding carboxylic acids is 1. The van der Waals surface area contributed by atoms with Gasteiger partial charge in [-0.05, 0) is 32.8 Å². The maximum atomic E-state index is 12.6. The third-order valence-corrected chi connectivity index (χ3v) is 6.49. The Hall–Kier alpha value is -0.920. The summed E-state index contributed by atoms with van der Waals surface area (Å²) in [5.74, 6) is -0.790. The zero-order chi connectivity index (χ0) is 14.2. The van der Waals surface area contributed by atoms with Crippen molar-refractivity contribution < 1.29 is 13.2 Å². The van der Waals surface area contributed by atoms with Gasteiger partial charge >= 0.3 is 0 Å². The maximum Gasteiger partial charge on any atom is 0.244 e. The van der Waals surface area contributed by atoms with Crippen molar-refractivity contribution >= 4 is 27.3 Å². The molecule has 1 atom stereocenters. The van der Waals surface area contributed by atoms with E-state index in [1.807, 2.05) is 6.92 Å². The van der Waals surface area contributed by atoms with Crippen LogP contribution in [0.25, 0.3) is 0 Å². The minimum Gasteiger partial charge on any atom is -0.369 e. The predicted octanol–water partition coefficient (Wildman–Crippen LogP) is 1.25. The van der Waals surface area contributed by atoms with E-state index in [0.717, 1.165) is 9.75 Å². The molecule has 1 fully saturated rings. The Kier molecular flexibility index (Phi) is 3.98. The number of nitrogens with zero attached hydrogens (tertiary/aromatic N) is 1. The van der Waals surface area contributed by atoms with Gasteiger partial charge in [-0.1, -0.05) is 0 Å². The van der Waals surface area contributed by atoms with Crippen LogP contribution in [0.15, 0.2) is 11.0 Å². The van der Waals surface area contributed by atoms with Gasteiger partial charge in [-0.2, -0.15) is 4.31 Å². The number of rotatable bonds is 3. The number of piperidine rings is 1. The Balaban J connectivity index is 2.29. The average Bonchev–Trinajstić information content (AvgIpc) is 2.69. The topological polar surface area (TPSA) is 80.5 Å². The molecule has 0 spiro atoms. The monoisotopic (exact) mass is 302 g/mol. The highest BCUT2D eigenvalue weighted by Gasteiger charge is 2.33. The highest BCUT2D eigenvalue weighted by molar-refractivity contribution is 7.89. The lowest BCUT2D eigenvalue weighted by Crippen LogP contribution is -2.44. The molecule has 1 aromatic rings. The first kappa shape index (κ1) is 14.5. The van der Waals surface area contributed by atoms with Crippen LogP contribution in [0.3, 0.4) is 0 Å². The maximum absolute atomic E-state index is 12.6. The first-order valence-electron chi connectivity index (χ1n) is 6.19. The van der Waals surface area contributed by atoms with E-state index in [1.165, 1.54) is 15.6 Å². The molecular formula is C12H18N2O3S2. The van der Waals surface area contributed by atoms with Gasteiger partial charge in [0, 0.05) is 22.8 Å². The van der Waals surface area contributed by atoms with E-state index < -0.39 is 15.9 Å². The Bertz CT molecular complexity index is 592. The van der Waals surface area contributed by atoms with Gasteiger partial charge in [-0.25, -0.2) is 8.42 Å². The number of sulfonamides is 1. The number of thiophene rings is 1. The van der Waals surface area contributed by atoms with Gasteiger partial charge in [0.2, 0.25) is 15.9 Å². The molecule has 0 aliphatic carbocycles.